The number of amides is 1. The zero-order chi connectivity index (χ0) is 27.9. The van der Waals surface area contributed by atoms with Crippen molar-refractivity contribution in [2.45, 2.75) is 19.2 Å². The largest absolute Gasteiger partial charge is 0.503 e. The Morgan fingerprint density at radius 1 is 0.850 bits per heavy atom. The van der Waals surface area contributed by atoms with Crippen molar-refractivity contribution in [2.75, 3.05) is 7.11 Å². The van der Waals surface area contributed by atoms with Crippen molar-refractivity contribution >= 4 is 17.8 Å². The van der Waals surface area contributed by atoms with Crippen LogP contribution in [0.2, 0.25) is 0 Å². The van der Waals surface area contributed by atoms with E-state index in [4.69, 9.17) is 9.47 Å². The van der Waals surface area contributed by atoms with Crippen LogP contribution < -0.4 is 9.47 Å². The van der Waals surface area contributed by atoms with Crippen LogP contribution in [0.4, 0.5) is 0 Å². The maximum atomic E-state index is 13.5. The molecule has 0 radical (unpaired) electrons. The molecule has 1 N–H and O–H groups in total. The molecule has 1 amide bonds. The van der Waals surface area contributed by atoms with Gasteiger partial charge in [-0.3, -0.25) is 9.59 Å². The summed E-state index contributed by atoms with van der Waals surface area (Å²) in [5.74, 6) is -0.614. The number of benzene rings is 4. The molecule has 1 aliphatic rings. The van der Waals surface area contributed by atoms with Gasteiger partial charge in [-0.05, 0) is 40.5 Å². The molecule has 6 heteroatoms. The number of carbonyl (C=O) groups excluding carboxylic acids is 2. The Morgan fingerprint density at radius 2 is 1.48 bits per heavy atom. The molecule has 0 saturated heterocycles. The third-order valence-electron chi connectivity index (χ3n) is 6.73. The number of allylic oxidation sites excluding steroid dienone is 1. The summed E-state index contributed by atoms with van der Waals surface area (Å²) >= 11 is 0. The van der Waals surface area contributed by atoms with Crippen LogP contribution in [0.5, 0.6) is 11.5 Å². The number of aliphatic hydroxyl groups excluding tert-OH is 1. The van der Waals surface area contributed by atoms with Gasteiger partial charge in [0.1, 0.15) is 6.61 Å². The molecule has 0 spiro atoms. The lowest BCUT2D eigenvalue weighted by molar-refractivity contribution is -0.130. The second-order valence-electron chi connectivity index (χ2n) is 9.38. The first kappa shape index (κ1) is 26.5. The van der Waals surface area contributed by atoms with Gasteiger partial charge in [-0.25, -0.2) is 0 Å². The zero-order valence-corrected chi connectivity index (χ0v) is 22.1. The quantitative estimate of drug-likeness (QED) is 0.238. The van der Waals surface area contributed by atoms with Crippen molar-refractivity contribution in [3.05, 3.63) is 149 Å². The normalized spacial score (nSPS) is 15.1. The number of methoxy groups -OCH3 is 1. The lowest BCUT2D eigenvalue weighted by Crippen LogP contribution is -2.30. The van der Waals surface area contributed by atoms with E-state index in [1.165, 1.54) is 18.1 Å². The van der Waals surface area contributed by atoms with E-state index in [0.29, 0.717) is 23.7 Å². The molecule has 40 heavy (non-hydrogen) atoms. The first-order valence-corrected chi connectivity index (χ1v) is 13.0. The second-order valence-corrected chi connectivity index (χ2v) is 9.38. The number of hydrogen-bond donors (Lipinski definition) is 1. The average molecular weight is 532 g/mol. The fraction of sp³-hybridized carbons (Fsp3) is 0.118. The molecule has 4 aromatic carbocycles. The molecule has 1 unspecified atom stereocenters. The minimum Gasteiger partial charge on any atom is -0.503 e. The third kappa shape index (κ3) is 5.81. The summed E-state index contributed by atoms with van der Waals surface area (Å²) in [4.78, 5) is 28.4. The fourth-order valence-corrected chi connectivity index (χ4v) is 4.73. The van der Waals surface area contributed by atoms with E-state index in [2.05, 4.69) is 0 Å². The predicted molar refractivity (Wildman–Crippen MR) is 154 cm³/mol. The highest BCUT2D eigenvalue weighted by Gasteiger charge is 2.43. The number of carbonyl (C=O) groups is 2. The summed E-state index contributed by atoms with van der Waals surface area (Å²) in [7, 11) is 1.54. The van der Waals surface area contributed by atoms with Crippen molar-refractivity contribution in [3.63, 3.8) is 0 Å². The Bertz CT molecular complexity index is 1550. The summed E-state index contributed by atoms with van der Waals surface area (Å²) in [6.07, 6.45) is 3.06. The predicted octanol–water partition coefficient (Wildman–Crippen LogP) is 6.45. The molecule has 1 aliphatic heterocycles. The molecule has 0 aliphatic carbocycles. The molecule has 200 valence electrons. The number of ether oxygens (including phenoxy) is 2. The topological polar surface area (TPSA) is 76.1 Å². The van der Waals surface area contributed by atoms with Crippen LogP contribution in [-0.2, 0) is 22.7 Å². The Hall–Kier alpha value is -5.10. The molecular formula is C34H29NO5. The van der Waals surface area contributed by atoms with Crippen LogP contribution >= 0.6 is 0 Å². The van der Waals surface area contributed by atoms with Gasteiger partial charge in [0.25, 0.3) is 5.91 Å². The van der Waals surface area contributed by atoms with Crippen molar-refractivity contribution in [2.24, 2.45) is 0 Å². The van der Waals surface area contributed by atoms with Gasteiger partial charge in [-0.15, -0.1) is 0 Å². The van der Waals surface area contributed by atoms with Gasteiger partial charge in [-0.1, -0.05) is 103 Å². The van der Waals surface area contributed by atoms with Crippen LogP contribution in [-0.4, -0.2) is 28.8 Å². The molecule has 0 fully saturated rings. The fourth-order valence-electron chi connectivity index (χ4n) is 4.73. The molecule has 5 rings (SSSR count). The minimum atomic E-state index is -0.822. The van der Waals surface area contributed by atoms with E-state index < -0.39 is 23.5 Å². The SMILES string of the molecule is COc1cc(C2C(C(=O)/C=C/c3ccccc3)=C(O)C(=O)N2Cc2ccccc2)ccc1OCc1ccccc1. The van der Waals surface area contributed by atoms with E-state index in [1.54, 1.807) is 24.3 Å². The Morgan fingerprint density at radius 3 is 2.12 bits per heavy atom. The van der Waals surface area contributed by atoms with E-state index in [9.17, 15) is 14.7 Å². The second kappa shape index (κ2) is 12.2. The first-order valence-electron chi connectivity index (χ1n) is 13.0. The minimum absolute atomic E-state index is 0.0214. The highest BCUT2D eigenvalue weighted by atomic mass is 16.5. The Labute approximate surface area is 233 Å². The van der Waals surface area contributed by atoms with Gasteiger partial charge >= 0.3 is 0 Å². The summed E-state index contributed by atoms with van der Waals surface area (Å²) < 4.78 is 11.6. The summed E-state index contributed by atoms with van der Waals surface area (Å²) in [6.45, 7) is 0.565. The maximum absolute atomic E-state index is 13.5. The standard InChI is InChI=1S/C34H29NO5/c1-39-30-21-27(18-20-29(30)40-23-26-15-9-4-10-16-26)32-31(28(36)19-17-24-11-5-2-6-12-24)33(37)34(38)35(32)22-25-13-7-3-8-14-25/h2-21,32,37H,22-23H2,1H3/b19-17+. The van der Waals surface area contributed by atoms with Crippen molar-refractivity contribution < 1.29 is 24.2 Å². The zero-order valence-electron chi connectivity index (χ0n) is 22.1. The van der Waals surface area contributed by atoms with Gasteiger partial charge in [0.2, 0.25) is 0 Å². The number of rotatable bonds is 10. The average Bonchev–Trinajstić information content (AvgIpc) is 3.25. The van der Waals surface area contributed by atoms with Gasteiger partial charge in [0.05, 0.1) is 18.7 Å². The molecule has 0 bridgehead atoms. The van der Waals surface area contributed by atoms with Crippen LogP contribution in [0.1, 0.15) is 28.3 Å². The lowest BCUT2D eigenvalue weighted by atomic mass is 9.95. The number of ketones is 1. The van der Waals surface area contributed by atoms with Gasteiger partial charge in [-0.2, -0.15) is 0 Å². The molecular weight excluding hydrogens is 502 g/mol. The van der Waals surface area contributed by atoms with E-state index in [-0.39, 0.29) is 12.1 Å². The number of nitrogens with zero attached hydrogens (tertiary/aromatic N) is 1. The van der Waals surface area contributed by atoms with Crippen LogP contribution in [0.15, 0.2) is 127 Å². The third-order valence-corrected chi connectivity index (χ3v) is 6.73. The van der Waals surface area contributed by atoms with Gasteiger partial charge < -0.3 is 19.5 Å². The molecule has 1 atom stereocenters. The monoisotopic (exact) mass is 531 g/mol. The van der Waals surface area contributed by atoms with Crippen molar-refractivity contribution in [1.29, 1.82) is 0 Å². The lowest BCUT2D eigenvalue weighted by Gasteiger charge is -2.27. The van der Waals surface area contributed by atoms with Crippen LogP contribution in [0.3, 0.4) is 0 Å². The molecule has 0 saturated carbocycles. The highest BCUT2D eigenvalue weighted by Crippen LogP contribution is 2.42. The number of hydrogen-bond acceptors (Lipinski definition) is 5. The Kier molecular flexibility index (Phi) is 8.07. The molecule has 6 nitrogen and oxygen atoms in total. The van der Waals surface area contributed by atoms with Gasteiger partial charge in [0, 0.05) is 6.54 Å². The van der Waals surface area contributed by atoms with Crippen LogP contribution in [0.25, 0.3) is 6.08 Å². The maximum Gasteiger partial charge on any atom is 0.290 e. The molecule has 1 heterocycles. The van der Waals surface area contributed by atoms with Gasteiger partial charge in [0.15, 0.2) is 23.0 Å². The van der Waals surface area contributed by atoms with Crippen molar-refractivity contribution in [1.82, 2.24) is 4.90 Å². The summed E-state index contributed by atoms with van der Waals surface area (Å²) in [6, 6.07) is 33.1. The van der Waals surface area contributed by atoms with Crippen molar-refractivity contribution in [3.8, 4) is 11.5 Å². The molecule has 0 aromatic heterocycles. The Balaban J connectivity index is 1.50. The van der Waals surface area contributed by atoms with E-state index >= 15 is 0 Å². The number of aliphatic hydroxyl groups is 1. The first-order chi connectivity index (χ1) is 19.5. The van der Waals surface area contributed by atoms with Crippen LogP contribution in [0, 0.1) is 0 Å². The summed E-state index contributed by atoms with van der Waals surface area (Å²) in [5, 5.41) is 11.0. The molecule has 4 aromatic rings. The summed E-state index contributed by atoms with van der Waals surface area (Å²) in [5.41, 5.74) is 3.35. The van der Waals surface area contributed by atoms with E-state index in [0.717, 1.165) is 16.7 Å². The smallest absolute Gasteiger partial charge is 0.290 e. The van der Waals surface area contributed by atoms with E-state index in [1.807, 2.05) is 91.0 Å². The highest BCUT2D eigenvalue weighted by molar-refractivity contribution is 6.14.